The molecule has 1 saturated heterocycles. The Balaban J connectivity index is 1.61. The summed E-state index contributed by atoms with van der Waals surface area (Å²) in [6.07, 6.45) is 1.10. The molecule has 27 heavy (non-hydrogen) atoms. The second-order valence-electron chi connectivity index (χ2n) is 7.58. The van der Waals surface area contributed by atoms with Crippen LogP contribution in [0.2, 0.25) is 0 Å². The molecule has 1 aromatic heterocycles. The molecule has 1 aliphatic heterocycles. The van der Waals surface area contributed by atoms with Gasteiger partial charge in [-0.15, -0.1) is 10.2 Å². The van der Waals surface area contributed by atoms with Crippen molar-refractivity contribution in [2.45, 2.75) is 57.9 Å². The predicted octanol–water partition coefficient (Wildman–Crippen LogP) is 2.36. The number of carbonyl (C=O) groups excluding carboxylic acids is 1. The zero-order chi connectivity index (χ0) is 19.3. The molecule has 146 valence electrons. The summed E-state index contributed by atoms with van der Waals surface area (Å²) in [5.41, 5.74) is 3.57. The number of aromatic nitrogens is 4. The molecule has 1 fully saturated rings. The normalized spacial score (nSPS) is 20.5. The Kier molecular flexibility index (Phi) is 6.02. The monoisotopic (exact) mass is 374 g/mol. The lowest BCUT2D eigenvalue weighted by molar-refractivity contribution is -0.0344. The fourth-order valence-corrected chi connectivity index (χ4v) is 2.99. The smallest absolute Gasteiger partial charge is 0.410 e. The number of nitrogens with one attached hydrogen (secondary N) is 2. The molecule has 0 aliphatic carbocycles. The van der Waals surface area contributed by atoms with E-state index in [1.54, 1.807) is 4.90 Å². The maximum absolute atomic E-state index is 12.7. The van der Waals surface area contributed by atoms with Gasteiger partial charge in [0.25, 0.3) is 0 Å². The van der Waals surface area contributed by atoms with Crippen LogP contribution in [0.1, 0.15) is 51.0 Å². The maximum atomic E-state index is 12.7. The number of amides is 1. The van der Waals surface area contributed by atoms with Crippen LogP contribution in [0, 0.1) is 0 Å². The molecule has 0 spiro atoms. The van der Waals surface area contributed by atoms with E-state index < -0.39 is 11.7 Å². The fraction of sp³-hybridized carbons (Fsp3) is 0.556. The third kappa shape index (κ3) is 5.48. The minimum Gasteiger partial charge on any atom is -0.444 e. The highest BCUT2D eigenvalue weighted by Gasteiger charge is 2.37. The number of likely N-dealkylation sites (tertiary alicyclic amines) is 1. The molecular weight excluding hydrogens is 348 g/mol. The van der Waals surface area contributed by atoms with Crippen LogP contribution in [0.4, 0.5) is 4.79 Å². The topological polar surface area (TPSA) is 105 Å². The standard InChI is InChI=1S/C18H26N6O3/c1-18(2,3)27-17(25)24-11-14(9-10-15(24)16-19-22-23-20-16)21-26-12-13-7-5-4-6-8-13/h4-8,14-15,21H,9-12H2,1-3H3,(H,19,20,22,23)/t14-,15+/m0/s1. The summed E-state index contributed by atoms with van der Waals surface area (Å²) in [4.78, 5) is 20.0. The Morgan fingerprint density at radius 3 is 2.74 bits per heavy atom. The molecule has 9 nitrogen and oxygen atoms in total. The van der Waals surface area contributed by atoms with Gasteiger partial charge in [0.2, 0.25) is 0 Å². The molecule has 1 aromatic carbocycles. The molecule has 2 aromatic rings. The van der Waals surface area contributed by atoms with Crippen molar-refractivity contribution in [1.29, 1.82) is 0 Å². The average molecular weight is 374 g/mol. The quantitative estimate of drug-likeness (QED) is 0.774. The number of H-pyrrole nitrogens is 1. The molecule has 0 bridgehead atoms. The number of rotatable bonds is 5. The van der Waals surface area contributed by atoms with Crippen molar-refractivity contribution in [3.63, 3.8) is 0 Å². The first-order chi connectivity index (χ1) is 12.9. The van der Waals surface area contributed by atoms with Crippen molar-refractivity contribution in [3.05, 3.63) is 41.7 Å². The number of hydrogen-bond acceptors (Lipinski definition) is 7. The van der Waals surface area contributed by atoms with Gasteiger partial charge in [-0.05, 0) is 39.2 Å². The lowest BCUT2D eigenvalue weighted by Crippen LogP contribution is -2.50. The van der Waals surface area contributed by atoms with Gasteiger partial charge in [-0.25, -0.2) is 4.79 Å². The van der Waals surface area contributed by atoms with E-state index in [9.17, 15) is 4.79 Å². The highest BCUT2D eigenvalue weighted by atomic mass is 16.6. The van der Waals surface area contributed by atoms with Crippen LogP contribution in [-0.4, -0.2) is 49.8 Å². The molecular formula is C18H26N6O3. The van der Waals surface area contributed by atoms with E-state index in [1.165, 1.54) is 0 Å². The second-order valence-corrected chi connectivity index (χ2v) is 7.58. The largest absolute Gasteiger partial charge is 0.444 e. The second kappa shape index (κ2) is 8.45. The van der Waals surface area contributed by atoms with E-state index in [2.05, 4.69) is 26.1 Å². The molecule has 2 N–H and O–H groups in total. The van der Waals surface area contributed by atoms with Crippen molar-refractivity contribution in [3.8, 4) is 0 Å². The van der Waals surface area contributed by atoms with Crippen molar-refractivity contribution in [2.24, 2.45) is 0 Å². The van der Waals surface area contributed by atoms with Crippen molar-refractivity contribution in [2.75, 3.05) is 6.54 Å². The summed E-state index contributed by atoms with van der Waals surface area (Å²) in [6, 6.07) is 9.63. The summed E-state index contributed by atoms with van der Waals surface area (Å²) in [5.74, 6) is 0.490. The Labute approximate surface area is 158 Å². The van der Waals surface area contributed by atoms with Crippen LogP contribution in [0.25, 0.3) is 0 Å². The highest BCUT2D eigenvalue weighted by Crippen LogP contribution is 2.30. The third-order valence-corrected chi connectivity index (χ3v) is 4.20. The number of tetrazole rings is 1. The van der Waals surface area contributed by atoms with E-state index in [0.29, 0.717) is 25.4 Å². The number of nitrogens with zero attached hydrogens (tertiary/aromatic N) is 4. The zero-order valence-electron chi connectivity index (χ0n) is 15.9. The van der Waals surface area contributed by atoms with Gasteiger partial charge in [-0.2, -0.15) is 10.7 Å². The number of hydroxylamine groups is 1. The van der Waals surface area contributed by atoms with Crippen LogP contribution in [0.15, 0.2) is 30.3 Å². The first-order valence-electron chi connectivity index (χ1n) is 9.06. The average Bonchev–Trinajstić information content (AvgIpc) is 3.15. The summed E-state index contributed by atoms with van der Waals surface area (Å²) < 4.78 is 5.56. The van der Waals surface area contributed by atoms with Crippen LogP contribution >= 0.6 is 0 Å². The maximum Gasteiger partial charge on any atom is 0.410 e. The summed E-state index contributed by atoms with van der Waals surface area (Å²) in [7, 11) is 0. The summed E-state index contributed by atoms with van der Waals surface area (Å²) in [5, 5.41) is 14.2. The molecule has 2 atom stereocenters. The van der Waals surface area contributed by atoms with Crippen molar-refractivity contribution < 1.29 is 14.4 Å². The Morgan fingerprint density at radius 1 is 1.30 bits per heavy atom. The number of piperidine rings is 1. The molecule has 3 rings (SSSR count). The van der Waals surface area contributed by atoms with Crippen LogP contribution < -0.4 is 5.48 Å². The number of benzene rings is 1. The lowest BCUT2D eigenvalue weighted by Gasteiger charge is -2.38. The van der Waals surface area contributed by atoms with Crippen molar-refractivity contribution >= 4 is 6.09 Å². The third-order valence-electron chi connectivity index (χ3n) is 4.20. The van der Waals surface area contributed by atoms with Crippen molar-refractivity contribution in [1.82, 2.24) is 31.0 Å². The van der Waals surface area contributed by atoms with Gasteiger partial charge >= 0.3 is 6.09 Å². The molecule has 9 heteroatoms. The Hall–Kier alpha value is -2.52. The van der Waals surface area contributed by atoms with Crippen LogP contribution in [0.5, 0.6) is 0 Å². The molecule has 1 amide bonds. The number of aromatic amines is 1. The number of hydrogen-bond donors (Lipinski definition) is 2. The van der Waals surface area contributed by atoms with Gasteiger partial charge in [-0.3, -0.25) is 9.74 Å². The van der Waals surface area contributed by atoms with E-state index in [1.807, 2.05) is 51.1 Å². The van der Waals surface area contributed by atoms with E-state index in [0.717, 1.165) is 12.0 Å². The number of carbonyl (C=O) groups is 1. The van der Waals surface area contributed by atoms with Gasteiger partial charge in [0.1, 0.15) is 5.60 Å². The molecule has 0 unspecified atom stereocenters. The predicted molar refractivity (Wildman–Crippen MR) is 97.2 cm³/mol. The van der Waals surface area contributed by atoms with Gasteiger partial charge < -0.3 is 4.74 Å². The van der Waals surface area contributed by atoms with E-state index in [-0.39, 0.29) is 12.1 Å². The van der Waals surface area contributed by atoms with E-state index >= 15 is 0 Å². The van der Waals surface area contributed by atoms with Gasteiger partial charge in [0.15, 0.2) is 5.82 Å². The fourth-order valence-electron chi connectivity index (χ4n) is 2.99. The molecule has 1 aliphatic rings. The minimum absolute atomic E-state index is 0.00983. The summed E-state index contributed by atoms with van der Waals surface area (Å²) >= 11 is 0. The molecule has 0 radical (unpaired) electrons. The Bertz CT molecular complexity index is 716. The molecule has 2 heterocycles. The minimum atomic E-state index is -0.580. The highest BCUT2D eigenvalue weighted by molar-refractivity contribution is 5.69. The van der Waals surface area contributed by atoms with Crippen LogP contribution in [-0.2, 0) is 16.2 Å². The van der Waals surface area contributed by atoms with E-state index in [4.69, 9.17) is 9.57 Å². The first-order valence-corrected chi connectivity index (χ1v) is 9.06. The number of ether oxygens (including phenoxy) is 1. The van der Waals surface area contributed by atoms with Gasteiger partial charge in [-0.1, -0.05) is 35.5 Å². The first kappa shape index (κ1) is 19.2. The Morgan fingerprint density at radius 2 is 2.07 bits per heavy atom. The van der Waals surface area contributed by atoms with Gasteiger partial charge in [0.05, 0.1) is 18.7 Å². The zero-order valence-corrected chi connectivity index (χ0v) is 15.9. The lowest BCUT2D eigenvalue weighted by atomic mass is 9.98. The summed E-state index contributed by atoms with van der Waals surface area (Å²) in [6.45, 7) is 6.42. The van der Waals surface area contributed by atoms with Crippen LogP contribution in [0.3, 0.4) is 0 Å². The molecule has 0 saturated carbocycles. The SMILES string of the molecule is CC(C)(C)OC(=O)N1C[C@@H](NOCc2ccccc2)CC[C@@H]1c1nn[nH]n1. The van der Waals surface area contributed by atoms with Gasteiger partial charge in [0, 0.05) is 6.54 Å².